The number of amidine groups is 2. The Kier molecular flexibility index (Phi) is 8.81. The van der Waals surface area contributed by atoms with Crippen LogP contribution in [0.2, 0.25) is 0 Å². The maximum Gasteiger partial charge on any atom is 0.239 e. The van der Waals surface area contributed by atoms with Crippen molar-refractivity contribution in [3.05, 3.63) is 102 Å². The lowest BCUT2D eigenvalue weighted by atomic mass is 10.1. The van der Waals surface area contributed by atoms with Crippen LogP contribution in [0, 0.1) is 17.7 Å². The molecule has 1 amide bonds. The average Bonchev–Trinajstić information content (AvgIpc) is 3.54. The van der Waals surface area contributed by atoms with Crippen molar-refractivity contribution in [3.8, 4) is 0 Å². The minimum absolute atomic E-state index is 0.0101. The predicted molar refractivity (Wildman–Crippen MR) is 165 cm³/mol. The third-order valence-electron chi connectivity index (χ3n) is 6.66. The van der Waals surface area contributed by atoms with Crippen molar-refractivity contribution in [2.24, 2.45) is 5.73 Å². The van der Waals surface area contributed by atoms with Crippen LogP contribution < -0.4 is 16.0 Å². The van der Waals surface area contributed by atoms with Gasteiger partial charge in [-0.05, 0) is 62.6 Å². The number of aromatic amines is 2. The largest absolute Gasteiger partial charge is 0.361 e. The van der Waals surface area contributed by atoms with E-state index in [0.29, 0.717) is 18.5 Å². The van der Waals surface area contributed by atoms with Gasteiger partial charge in [-0.1, -0.05) is 54.6 Å². The number of nitrogens with zero attached hydrogens (tertiary/aromatic N) is 1. The highest BCUT2D eigenvalue weighted by atomic mass is 16.2. The second-order valence-electron chi connectivity index (χ2n) is 10.3. The number of carbonyl (C=O) groups is 1. The first-order chi connectivity index (χ1) is 19.1. The minimum Gasteiger partial charge on any atom is -0.361 e. The number of para-hydroxylation sites is 3. The third kappa shape index (κ3) is 6.84. The highest BCUT2D eigenvalue weighted by Crippen LogP contribution is 2.21. The molecule has 8 nitrogen and oxygen atoms in total. The number of aryl methyl sites for hydroxylation is 2. The van der Waals surface area contributed by atoms with E-state index in [1.165, 1.54) is 16.5 Å². The Bertz CT molecular complexity index is 1610. The number of rotatable bonds is 7. The first-order valence-electron chi connectivity index (χ1n) is 13.3. The van der Waals surface area contributed by atoms with Crippen LogP contribution in [0.5, 0.6) is 0 Å². The molecule has 5 aromatic rings. The summed E-state index contributed by atoms with van der Waals surface area (Å²) in [5.41, 5.74) is 10.2. The van der Waals surface area contributed by atoms with Gasteiger partial charge in [0.15, 0.2) is 0 Å². The third-order valence-corrected chi connectivity index (χ3v) is 6.66. The summed E-state index contributed by atoms with van der Waals surface area (Å²) in [7, 11) is 0. The zero-order valence-corrected chi connectivity index (χ0v) is 23.2. The monoisotopic (exact) mass is 535 g/mol. The summed E-state index contributed by atoms with van der Waals surface area (Å²) in [4.78, 5) is 20.1. The normalized spacial score (nSPS) is 11.1. The molecular weight excluding hydrogens is 498 g/mol. The standard InChI is InChI=1S/C23H28N6O.C9H9N/c1-23(2,26)22(30)28-15-21(25)29(17-8-4-3-5-9-17)20(24)13-12-16-14-27-19-11-7-6-10-18(16)19;1-7-6-10-9-5-3-2-4-8(7)9/h3-11,14,24-25,27H,12-13,15,26H2,1-2H3,(H,28,30);2-6,10H,1H3. The minimum atomic E-state index is -1.03. The molecule has 0 spiro atoms. The molecule has 0 aliphatic carbocycles. The fourth-order valence-electron chi connectivity index (χ4n) is 4.44. The van der Waals surface area contributed by atoms with Crippen molar-refractivity contribution in [3.63, 3.8) is 0 Å². The molecule has 0 aliphatic rings. The van der Waals surface area contributed by atoms with Crippen molar-refractivity contribution < 1.29 is 4.79 Å². The number of anilines is 1. The molecule has 2 heterocycles. The molecule has 0 aliphatic heterocycles. The number of H-pyrrole nitrogens is 2. The van der Waals surface area contributed by atoms with Gasteiger partial charge in [0.25, 0.3) is 0 Å². The van der Waals surface area contributed by atoms with E-state index in [1.54, 1.807) is 18.7 Å². The fourth-order valence-corrected chi connectivity index (χ4v) is 4.44. The summed E-state index contributed by atoms with van der Waals surface area (Å²) < 4.78 is 0. The van der Waals surface area contributed by atoms with E-state index in [9.17, 15) is 4.79 Å². The van der Waals surface area contributed by atoms with Gasteiger partial charge < -0.3 is 21.0 Å². The molecule has 8 heteroatoms. The Hall–Kier alpha value is -4.69. The Morgan fingerprint density at radius 2 is 1.43 bits per heavy atom. The molecule has 40 heavy (non-hydrogen) atoms. The summed E-state index contributed by atoms with van der Waals surface area (Å²) >= 11 is 0. The number of hydrogen-bond donors (Lipinski definition) is 6. The van der Waals surface area contributed by atoms with Gasteiger partial charge in [-0.15, -0.1) is 0 Å². The molecule has 206 valence electrons. The molecule has 5 rings (SSSR count). The SMILES string of the molecule is CC(C)(N)C(=O)NCC(=N)N(C(=N)CCc1c[nH]c2ccccc12)c1ccccc1.Cc1c[nH]c2ccccc12. The van der Waals surface area contributed by atoms with Gasteiger partial charge in [-0.25, -0.2) is 0 Å². The van der Waals surface area contributed by atoms with E-state index in [-0.39, 0.29) is 24.1 Å². The van der Waals surface area contributed by atoms with Crippen molar-refractivity contribution in [2.45, 2.75) is 39.2 Å². The van der Waals surface area contributed by atoms with Gasteiger partial charge in [-0.2, -0.15) is 0 Å². The molecule has 0 fully saturated rings. The summed E-state index contributed by atoms with van der Waals surface area (Å²) in [6, 6.07) is 25.7. The van der Waals surface area contributed by atoms with Crippen LogP contribution in [0.3, 0.4) is 0 Å². The van der Waals surface area contributed by atoms with Crippen LogP contribution in [-0.4, -0.2) is 39.6 Å². The van der Waals surface area contributed by atoms with E-state index >= 15 is 0 Å². The van der Waals surface area contributed by atoms with Gasteiger partial charge in [-0.3, -0.25) is 20.5 Å². The highest BCUT2D eigenvalue weighted by Gasteiger charge is 2.24. The van der Waals surface area contributed by atoms with Crippen molar-refractivity contribution in [2.75, 3.05) is 11.4 Å². The topological polar surface area (TPSA) is 138 Å². The van der Waals surface area contributed by atoms with Gasteiger partial charge in [0.1, 0.15) is 11.7 Å². The molecular formula is C32H37N7O. The number of hydrogen-bond acceptors (Lipinski definition) is 4. The van der Waals surface area contributed by atoms with Crippen molar-refractivity contribution in [1.29, 1.82) is 10.8 Å². The Morgan fingerprint density at radius 1 is 0.850 bits per heavy atom. The average molecular weight is 536 g/mol. The summed E-state index contributed by atoms with van der Waals surface area (Å²) in [5.74, 6) is 0.0612. The van der Waals surface area contributed by atoms with Gasteiger partial charge in [0.2, 0.25) is 5.91 Å². The molecule has 0 bridgehead atoms. The van der Waals surface area contributed by atoms with Crippen LogP contribution in [-0.2, 0) is 11.2 Å². The van der Waals surface area contributed by atoms with E-state index in [1.807, 2.05) is 67.0 Å². The van der Waals surface area contributed by atoms with Crippen LogP contribution in [0.1, 0.15) is 31.4 Å². The van der Waals surface area contributed by atoms with Gasteiger partial charge in [0, 0.05) is 46.3 Å². The first kappa shape index (κ1) is 28.3. The molecule has 0 atom stereocenters. The number of fused-ring (bicyclic) bond motifs is 2. The smallest absolute Gasteiger partial charge is 0.239 e. The zero-order chi connectivity index (χ0) is 28.7. The summed E-state index contributed by atoms with van der Waals surface area (Å²) in [5, 5.41) is 22.3. The van der Waals surface area contributed by atoms with E-state index in [0.717, 1.165) is 16.5 Å². The van der Waals surface area contributed by atoms with Crippen LogP contribution in [0.25, 0.3) is 21.8 Å². The van der Waals surface area contributed by atoms with Gasteiger partial charge in [0.05, 0.1) is 12.1 Å². The van der Waals surface area contributed by atoms with Gasteiger partial charge >= 0.3 is 0 Å². The predicted octanol–water partition coefficient (Wildman–Crippen LogP) is 5.89. The lowest BCUT2D eigenvalue weighted by Gasteiger charge is -2.27. The second kappa shape index (κ2) is 12.4. The van der Waals surface area contributed by atoms with E-state index in [4.69, 9.17) is 16.6 Å². The number of nitrogens with two attached hydrogens (primary N) is 1. The van der Waals surface area contributed by atoms with Crippen LogP contribution >= 0.6 is 0 Å². The maximum atomic E-state index is 12.1. The molecule has 2 aromatic heterocycles. The lowest BCUT2D eigenvalue weighted by molar-refractivity contribution is -0.124. The molecule has 0 saturated carbocycles. The Morgan fingerprint density at radius 3 is 2.08 bits per heavy atom. The maximum absolute atomic E-state index is 12.1. The Labute approximate surface area is 234 Å². The molecule has 0 saturated heterocycles. The van der Waals surface area contributed by atoms with Crippen LogP contribution in [0.15, 0.2) is 91.3 Å². The number of aromatic nitrogens is 2. The summed E-state index contributed by atoms with van der Waals surface area (Å²) in [6.07, 6.45) is 5.13. The quantitative estimate of drug-likeness (QED) is 0.114. The van der Waals surface area contributed by atoms with Crippen molar-refractivity contribution >= 4 is 45.1 Å². The van der Waals surface area contributed by atoms with E-state index in [2.05, 4.69) is 46.5 Å². The van der Waals surface area contributed by atoms with E-state index < -0.39 is 5.54 Å². The lowest BCUT2D eigenvalue weighted by Crippen LogP contribution is -2.52. The van der Waals surface area contributed by atoms with Crippen molar-refractivity contribution in [1.82, 2.24) is 15.3 Å². The zero-order valence-electron chi connectivity index (χ0n) is 23.2. The Balaban J connectivity index is 0.000000307. The van der Waals surface area contributed by atoms with Crippen LogP contribution in [0.4, 0.5) is 5.69 Å². The molecule has 0 unspecified atom stereocenters. The molecule has 3 aromatic carbocycles. The second-order valence-corrected chi connectivity index (χ2v) is 10.3. The molecule has 7 N–H and O–H groups in total. The number of amides is 1. The fraction of sp³-hybridized carbons (Fsp3) is 0.219. The highest BCUT2D eigenvalue weighted by molar-refractivity contribution is 6.18. The number of carbonyl (C=O) groups excluding carboxylic acids is 1. The number of nitrogens with one attached hydrogen (secondary N) is 5. The first-order valence-corrected chi connectivity index (χ1v) is 13.3. The number of benzene rings is 3. The summed E-state index contributed by atoms with van der Waals surface area (Å²) in [6.45, 7) is 5.33. The molecule has 0 radical (unpaired) electrons.